The molecule has 1 fully saturated rings. The Morgan fingerprint density at radius 2 is 1.90 bits per heavy atom. The maximum absolute atomic E-state index is 12.3. The van der Waals surface area contributed by atoms with E-state index in [0.717, 1.165) is 6.42 Å². The van der Waals surface area contributed by atoms with Gasteiger partial charge in [-0.05, 0) is 30.6 Å². The van der Waals surface area contributed by atoms with Crippen molar-refractivity contribution in [2.45, 2.75) is 33.1 Å². The Labute approximate surface area is 117 Å². The predicted molar refractivity (Wildman–Crippen MR) is 71.0 cm³/mol. The number of hydrogen-bond donors (Lipinski definition) is 2. The van der Waals surface area contributed by atoms with Crippen LogP contribution in [0.25, 0.3) is 0 Å². The maximum Gasteiger partial charge on any atom is 0.331 e. The average molecular weight is 280 g/mol. The summed E-state index contributed by atoms with van der Waals surface area (Å²) in [6.45, 7) is 4.08. The first kappa shape index (κ1) is 14.8. The predicted octanol–water partition coefficient (Wildman–Crippen LogP) is 1.97. The number of carbonyl (C=O) groups excluding carboxylic acids is 1. The van der Waals surface area contributed by atoms with Crippen molar-refractivity contribution in [3.63, 3.8) is 0 Å². The molecule has 5 nitrogen and oxygen atoms in total. The molecular weight excluding hydrogens is 260 g/mol. The molecule has 0 aromatic rings. The van der Waals surface area contributed by atoms with Crippen LogP contribution in [0.2, 0.25) is 0 Å². The molecule has 2 aliphatic carbocycles. The Morgan fingerprint density at radius 1 is 1.25 bits per heavy atom. The zero-order chi connectivity index (χ0) is 15.0. The molecule has 110 valence electrons. The second kappa shape index (κ2) is 5.38. The zero-order valence-electron chi connectivity index (χ0n) is 11.7. The molecule has 5 heteroatoms. The van der Waals surface area contributed by atoms with E-state index in [-0.39, 0.29) is 29.6 Å². The van der Waals surface area contributed by atoms with E-state index >= 15 is 0 Å². The van der Waals surface area contributed by atoms with Crippen molar-refractivity contribution in [3.05, 3.63) is 11.6 Å². The van der Waals surface area contributed by atoms with E-state index in [0.29, 0.717) is 12.3 Å². The van der Waals surface area contributed by atoms with Gasteiger partial charge in [-0.15, -0.1) is 0 Å². The number of carboxylic acid groups (broad SMARTS) is 2. The number of aliphatic carboxylic acids is 2. The van der Waals surface area contributed by atoms with E-state index in [9.17, 15) is 19.5 Å². The summed E-state index contributed by atoms with van der Waals surface area (Å²) in [6, 6.07) is 0. The highest BCUT2D eigenvalue weighted by Gasteiger charge is 2.48. The van der Waals surface area contributed by atoms with Gasteiger partial charge in [0.1, 0.15) is 5.78 Å². The van der Waals surface area contributed by atoms with Crippen molar-refractivity contribution in [1.82, 2.24) is 0 Å². The van der Waals surface area contributed by atoms with Crippen molar-refractivity contribution in [2.24, 2.45) is 29.6 Å². The molecule has 2 N–H and O–H groups in total. The number of Topliss-reactive ketones (excluding diaryl/α,β-unsaturated/α-hetero) is 1. The van der Waals surface area contributed by atoms with Gasteiger partial charge in [0.15, 0.2) is 0 Å². The molecule has 0 bridgehead atoms. The molecule has 4 atom stereocenters. The standard InChI is InChI=1S/C15H20O5/c1-7(2)9-3-4-10(15(19)20)13-11(9)5-8(14(17)18)6-12(13)16/h5,7,9-11,13H,3-4,6H2,1-2H3,(H,17,18)(H,19,20)/t9-,10+,11-,13-/m1/s1. The molecule has 0 spiro atoms. The van der Waals surface area contributed by atoms with Gasteiger partial charge in [0.2, 0.25) is 0 Å². The lowest BCUT2D eigenvalue weighted by molar-refractivity contribution is -0.151. The summed E-state index contributed by atoms with van der Waals surface area (Å²) in [5.74, 6) is -3.25. The van der Waals surface area contributed by atoms with E-state index in [1.54, 1.807) is 6.08 Å². The van der Waals surface area contributed by atoms with E-state index in [4.69, 9.17) is 5.11 Å². The summed E-state index contributed by atoms with van der Waals surface area (Å²) in [5.41, 5.74) is 0.118. The maximum atomic E-state index is 12.3. The normalized spacial score (nSPS) is 33.5. The lowest BCUT2D eigenvalue weighted by Gasteiger charge is -2.43. The highest BCUT2D eigenvalue weighted by molar-refractivity contribution is 5.98. The van der Waals surface area contributed by atoms with Gasteiger partial charge in [0.05, 0.1) is 5.92 Å². The molecule has 0 heterocycles. The summed E-state index contributed by atoms with van der Waals surface area (Å²) in [7, 11) is 0. The number of rotatable bonds is 3. The Kier molecular flexibility index (Phi) is 3.97. The highest BCUT2D eigenvalue weighted by atomic mass is 16.4. The lowest BCUT2D eigenvalue weighted by atomic mass is 9.59. The molecule has 0 radical (unpaired) electrons. The molecule has 0 unspecified atom stereocenters. The third kappa shape index (κ3) is 2.49. The number of carboxylic acids is 2. The van der Waals surface area contributed by atoms with Gasteiger partial charge in [-0.25, -0.2) is 4.79 Å². The minimum Gasteiger partial charge on any atom is -0.481 e. The lowest BCUT2D eigenvalue weighted by Crippen LogP contribution is -2.45. The summed E-state index contributed by atoms with van der Waals surface area (Å²) in [4.78, 5) is 34.7. The molecule has 0 amide bonds. The van der Waals surface area contributed by atoms with Gasteiger partial charge in [0.25, 0.3) is 0 Å². The summed E-state index contributed by atoms with van der Waals surface area (Å²) < 4.78 is 0. The summed E-state index contributed by atoms with van der Waals surface area (Å²) >= 11 is 0. The number of fused-ring (bicyclic) bond motifs is 1. The number of allylic oxidation sites excluding steroid dienone is 1. The highest BCUT2D eigenvalue weighted by Crippen LogP contribution is 2.46. The molecule has 0 aliphatic heterocycles. The van der Waals surface area contributed by atoms with Crippen molar-refractivity contribution in [3.8, 4) is 0 Å². The van der Waals surface area contributed by atoms with E-state index in [2.05, 4.69) is 0 Å². The fraction of sp³-hybridized carbons (Fsp3) is 0.667. The van der Waals surface area contributed by atoms with Crippen LogP contribution in [0.1, 0.15) is 33.1 Å². The van der Waals surface area contributed by atoms with Gasteiger partial charge in [-0.3, -0.25) is 9.59 Å². The monoisotopic (exact) mass is 280 g/mol. The van der Waals surface area contributed by atoms with Crippen LogP contribution in [0.5, 0.6) is 0 Å². The summed E-state index contributed by atoms with van der Waals surface area (Å²) in [6.07, 6.45) is 2.73. The minimum atomic E-state index is -1.07. The van der Waals surface area contributed by atoms with Gasteiger partial charge >= 0.3 is 11.9 Å². The molecule has 20 heavy (non-hydrogen) atoms. The van der Waals surface area contributed by atoms with Crippen LogP contribution in [0.15, 0.2) is 11.6 Å². The SMILES string of the molecule is CC(C)[C@H]1CC[C@H](C(=O)O)[C@H]2C(=O)CC(C(=O)O)=C[C@@H]21. The third-order valence-electron chi connectivity index (χ3n) is 4.73. The Balaban J connectivity index is 2.42. The molecule has 2 rings (SSSR count). The molecular formula is C15H20O5. The first-order valence-electron chi connectivity index (χ1n) is 7.02. The van der Waals surface area contributed by atoms with Gasteiger partial charge in [-0.1, -0.05) is 19.9 Å². The molecule has 0 aromatic heterocycles. The molecule has 0 aromatic carbocycles. The fourth-order valence-corrected chi connectivity index (χ4v) is 3.74. The first-order valence-corrected chi connectivity index (χ1v) is 7.02. The topological polar surface area (TPSA) is 91.7 Å². The smallest absolute Gasteiger partial charge is 0.331 e. The number of ketones is 1. The van der Waals surface area contributed by atoms with Crippen LogP contribution in [0.4, 0.5) is 0 Å². The van der Waals surface area contributed by atoms with Gasteiger partial charge in [-0.2, -0.15) is 0 Å². The molecule has 0 saturated heterocycles. The second-order valence-electron chi connectivity index (χ2n) is 6.17. The van der Waals surface area contributed by atoms with Crippen molar-refractivity contribution >= 4 is 17.7 Å². The van der Waals surface area contributed by atoms with Crippen LogP contribution in [0, 0.1) is 29.6 Å². The Hall–Kier alpha value is -1.65. The van der Waals surface area contributed by atoms with Crippen LogP contribution in [-0.4, -0.2) is 27.9 Å². The number of carbonyl (C=O) groups is 3. The Bertz CT molecular complexity index is 477. The number of hydrogen-bond acceptors (Lipinski definition) is 3. The third-order valence-corrected chi connectivity index (χ3v) is 4.73. The van der Waals surface area contributed by atoms with Crippen LogP contribution in [0.3, 0.4) is 0 Å². The molecule has 2 aliphatic rings. The van der Waals surface area contributed by atoms with Crippen LogP contribution >= 0.6 is 0 Å². The quantitative estimate of drug-likeness (QED) is 0.824. The van der Waals surface area contributed by atoms with Crippen LogP contribution < -0.4 is 0 Å². The van der Waals surface area contributed by atoms with Crippen LogP contribution in [-0.2, 0) is 14.4 Å². The minimum absolute atomic E-state index is 0.118. The van der Waals surface area contributed by atoms with E-state index < -0.39 is 23.8 Å². The fourth-order valence-electron chi connectivity index (χ4n) is 3.74. The molecule has 1 saturated carbocycles. The average Bonchev–Trinajstić information content (AvgIpc) is 2.36. The largest absolute Gasteiger partial charge is 0.481 e. The van der Waals surface area contributed by atoms with Crippen molar-refractivity contribution < 1.29 is 24.6 Å². The van der Waals surface area contributed by atoms with E-state index in [1.165, 1.54) is 0 Å². The first-order chi connectivity index (χ1) is 9.32. The summed E-state index contributed by atoms with van der Waals surface area (Å²) in [5, 5.41) is 18.4. The zero-order valence-corrected chi connectivity index (χ0v) is 11.7. The van der Waals surface area contributed by atoms with Crippen molar-refractivity contribution in [2.75, 3.05) is 0 Å². The van der Waals surface area contributed by atoms with E-state index in [1.807, 2.05) is 13.8 Å². The van der Waals surface area contributed by atoms with Crippen molar-refractivity contribution in [1.29, 1.82) is 0 Å². The van der Waals surface area contributed by atoms with Gasteiger partial charge < -0.3 is 10.2 Å². The Morgan fingerprint density at radius 3 is 2.40 bits per heavy atom. The van der Waals surface area contributed by atoms with Gasteiger partial charge in [0, 0.05) is 17.9 Å². The second-order valence-corrected chi connectivity index (χ2v) is 6.17.